The van der Waals surface area contributed by atoms with Crippen molar-refractivity contribution in [2.45, 2.75) is 13.5 Å². The van der Waals surface area contributed by atoms with Crippen LogP contribution in [0, 0.1) is 0 Å². The van der Waals surface area contributed by atoms with Crippen molar-refractivity contribution in [2.75, 3.05) is 51.8 Å². The van der Waals surface area contributed by atoms with Gasteiger partial charge in [0.15, 0.2) is 5.96 Å². The maximum atomic E-state index is 5.25. The van der Waals surface area contributed by atoms with E-state index in [1.54, 1.807) is 20.4 Å². The van der Waals surface area contributed by atoms with Crippen LogP contribution in [0.3, 0.4) is 0 Å². The summed E-state index contributed by atoms with van der Waals surface area (Å²) in [6, 6.07) is 12.1. The van der Waals surface area contributed by atoms with Crippen LogP contribution in [0.5, 0.6) is 11.6 Å². The SMILES string of the molecule is CCNC(=NCc1ccnc(OC)c1)N1CCN(c2ccc(OC)cc2)CC1.I. The van der Waals surface area contributed by atoms with Crippen molar-refractivity contribution >= 4 is 35.6 Å². The highest BCUT2D eigenvalue weighted by Crippen LogP contribution is 2.20. The molecule has 3 rings (SSSR count). The summed E-state index contributed by atoms with van der Waals surface area (Å²) in [5.74, 6) is 2.45. The number of pyridine rings is 1. The van der Waals surface area contributed by atoms with Gasteiger partial charge in [0.2, 0.25) is 5.88 Å². The predicted octanol–water partition coefficient (Wildman–Crippen LogP) is 3.00. The quantitative estimate of drug-likeness (QED) is 0.366. The van der Waals surface area contributed by atoms with Crippen LogP contribution >= 0.6 is 24.0 Å². The van der Waals surface area contributed by atoms with E-state index in [2.05, 4.69) is 39.2 Å². The van der Waals surface area contributed by atoms with E-state index in [0.717, 1.165) is 50.0 Å². The molecule has 29 heavy (non-hydrogen) atoms. The number of nitrogens with zero attached hydrogens (tertiary/aromatic N) is 4. The molecule has 0 bridgehead atoms. The minimum absolute atomic E-state index is 0. The smallest absolute Gasteiger partial charge is 0.213 e. The number of piperazine rings is 1. The number of aliphatic imine (C=N–C) groups is 1. The molecule has 0 radical (unpaired) electrons. The molecule has 1 aliphatic rings. The fourth-order valence-corrected chi connectivity index (χ4v) is 3.22. The number of hydrogen-bond donors (Lipinski definition) is 1. The zero-order chi connectivity index (χ0) is 19.8. The fraction of sp³-hybridized carbons (Fsp3) is 0.429. The Bertz CT molecular complexity index is 777. The molecule has 0 aliphatic carbocycles. The number of hydrogen-bond acceptors (Lipinski definition) is 5. The highest BCUT2D eigenvalue weighted by Gasteiger charge is 2.19. The van der Waals surface area contributed by atoms with E-state index in [9.17, 15) is 0 Å². The molecule has 2 heterocycles. The summed E-state index contributed by atoms with van der Waals surface area (Å²) in [5, 5.41) is 3.41. The summed E-state index contributed by atoms with van der Waals surface area (Å²) in [4.78, 5) is 13.7. The Kier molecular flexibility index (Phi) is 9.30. The highest BCUT2D eigenvalue weighted by molar-refractivity contribution is 14.0. The number of rotatable bonds is 6. The van der Waals surface area contributed by atoms with Gasteiger partial charge in [0.25, 0.3) is 0 Å². The van der Waals surface area contributed by atoms with Gasteiger partial charge in [-0.1, -0.05) is 0 Å². The van der Waals surface area contributed by atoms with E-state index in [-0.39, 0.29) is 24.0 Å². The van der Waals surface area contributed by atoms with E-state index in [1.807, 2.05) is 24.3 Å². The minimum atomic E-state index is 0. The number of nitrogens with one attached hydrogen (secondary N) is 1. The summed E-state index contributed by atoms with van der Waals surface area (Å²) in [6.45, 7) is 7.31. The summed E-state index contributed by atoms with van der Waals surface area (Å²) in [5.41, 5.74) is 2.31. The fourth-order valence-electron chi connectivity index (χ4n) is 3.22. The number of methoxy groups -OCH3 is 2. The molecule has 7 nitrogen and oxygen atoms in total. The minimum Gasteiger partial charge on any atom is -0.497 e. The molecule has 158 valence electrons. The summed E-state index contributed by atoms with van der Waals surface area (Å²) in [6.07, 6.45) is 1.75. The van der Waals surface area contributed by atoms with Crippen LogP contribution in [0.2, 0.25) is 0 Å². The van der Waals surface area contributed by atoms with Crippen LogP contribution in [0.1, 0.15) is 12.5 Å². The number of guanidine groups is 1. The highest BCUT2D eigenvalue weighted by atomic mass is 127. The second kappa shape index (κ2) is 11.7. The average Bonchev–Trinajstić information content (AvgIpc) is 2.77. The third kappa shape index (κ3) is 6.38. The molecule has 1 saturated heterocycles. The van der Waals surface area contributed by atoms with Crippen LogP contribution in [-0.4, -0.2) is 62.8 Å². The Morgan fingerprint density at radius 1 is 1.07 bits per heavy atom. The summed E-state index contributed by atoms with van der Waals surface area (Å²) >= 11 is 0. The zero-order valence-electron chi connectivity index (χ0n) is 17.3. The van der Waals surface area contributed by atoms with Gasteiger partial charge in [0.05, 0.1) is 20.8 Å². The second-order valence-corrected chi connectivity index (χ2v) is 6.55. The molecule has 1 aromatic heterocycles. The average molecular weight is 511 g/mol. The lowest BCUT2D eigenvalue weighted by Crippen LogP contribution is -2.52. The molecule has 2 aromatic rings. The number of ether oxygens (including phenoxy) is 2. The molecule has 1 fully saturated rings. The molecule has 0 saturated carbocycles. The van der Waals surface area contributed by atoms with Crippen molar-refractivity contribution in [1.29, 1.82) is 0 Å². The Balaban J connectivity index is 0.00000300. The lowest BCUT2D eigenvalue weighted by molar-refractivity contribution is 0.372. The van der Waals surface area contributed by atoms with Crippen molar-refractivity contribution in [3.8, 4) is 11.6 Å². The first-order valence-corrected chi connectivity index (χ1v) is 9.64. The van der Waals surface area contributed by atoms with Gasteiger partial charge in [-0.25, -0.2) is 9.98 Å². The number of anilines is 1. The summed E-state index contributed by atoms with van der Waals surface area (Å²) in [7, 11) is 3.32. The predicted molar refractivity (Wildman–Crippen MR) is 128 cm³/mol. The largest absolute Gasteiger partial charge is 0.497 e. The lowest BCUT2D eigenvalue weighted by Gasteiger charge is -2.37. The van der Waals surface area contributed by atoms with E-state index in [4.69, 9.17) is 14.5 Å². The van der Waals surface area contributed by atoms with Crippen molar-refractivity contribution in [3.63, 3.8) is 0 Å². The monoisotopic (exact) mass is 511 g/mol. The van der Waals surface area contributed by atoms with E-state index >= 15 is 0 Å². The van der Waals surface area contributed by atoms with Crippen molar-refractivity contribution in [2.24, 2.45) is 4.99 Å². The number of aromatic nitrogens is 1. The molecule has 1 aromatic carbocycles. The maximum Gasteiger partial charge on any atom is 0.213 e. The topological polar surface area (TPSA) is 62.2 Å². The van der Waals surface area contributed by atoms with Crippen molar-refractivity contribution in [3.05, 3.63) is 48.2 Å². The van der Waals surface area contributed by atoms with E-state index < -0.39 is 0 Å². The number of halogens is 1. The van der Waals surface area contributed by atoms with E-state index in [1.165, 1.54) is 5.69 Å². The van der Waals surface area contributed by atoms with Crippen molar-refractivity contribution < 1.29 is 9.47 Å². The molecular weight excluding hydrogens is 481 g/mol. The van der Waals surface area contributed by atoms with Gasteiger partial charge < -0.3 is 24.6 Å². The van der Waals surface area contributed by atoms with Gasteiger partial charge in [-0.15, -0.1) is 24.0 Å². The lowest BCUT2D eigenvalue weighted by atomic mass is 10.2. The molecule has 0 amide bonds. The molecule has 1 N–H and O–H groups in total. The first-order chi connectivity index (χ1) is 13.7. The van der Waals surface area contributed by atoms with Crippen LogP contribution in [0.25, 0.3) is 0 Å². The first-order valence-electron chi connectivity index (χ1n) is 9.64. The third-order valence-electron chi connectivity index (χ3n) is 4.77. The molecule has 0 atom stereocenters. The standard InChI is InChI=1S/C21H29N5O2.HI/c1-4-22-21(24-16-17-9-10-23-20(15-17)28-3)26-13-11-25(12-14-26)18-5-7-19(27-2)8-6-18;/h5-10,15H,4,11-14,16H2,1-3H3,(H,22,24);1H. The van der Waals surface area contributed by atoms with Gasteiger partial charge >= 0.3 is 0 Å². The second-order valence-electron chi connectivity index (χ2n) is 6.55. The van der Waals surface area contributed by atoms with Gasteiger partial charge in [-0.05, 0) is 42.8 Å². The van der Waals surface area contributed by atoms with E-state index in [0.29, 0.717) is 12.4 Å². The number of benzene rings is 1. The molecular formula is C21H30IN5O2. The Labute approximate surface area is 190 Å². The van der Waals surface area contributed by atoms with Crippen LogP contribution < -0.4 is 19.7 Å². The Morgan fingerprint density at radius 3 is 2.41 bits per heavy atom. The zero-order valence-corrected chi connectivity index (χ0v) is 19.6. The van der Waals surface area contributed by atoms with Crippen LogP contribution in [0.4, 0.5) is 5.69 Å². The van der Waals surface area contributed by atoms with Gasteiger partial charge in [-0.2, -0.15) is 0 Å². The van der Waals surface area contributed by atoms with Gasteiger partial charge in [-0.3, -0.25) is 0 Å². The van der Waals surface area contributed by atoms with Crippen LogP contribution in [-0.2, 0) is 6.54 Å². The Morgan fingerprint density at radius 2 is 1.79 bits per heavy atom. The van der Waals surface area contributed by atoms with Gasteiger partial charge in [0, 0.05) is 50.7 Å². The molecule has 0 spiro atoms. The summed E-state index contributed by atoms with van der Waals surface area (Å²) < 4.78 is 10.4. The maximum absolute atomic E-state index is 5.25. The van der Waals surface area contributed by atoms with Gasteiger partial charge in [0.1, 0.15) is 5.75 Å². The normalized spacial score (nSPS) is 14.2. The molecule has 0 unspecified atom stereocenters. The molecule has 8 heteroatoms. The third-order valence-corrected chi connectivity index (χ3v) is 4.77. The molecule has 1 aliphatic heterocycles. The van der Waals surface area contributed by atoms with Crippen molar-refractivity contribution in [1.82, 2.24) is 15.2 Å². The van der Waals surface area contributed by atoms with Crippen LogP contribution in [0.15, 0.2) is 47.6 Å². The first kappa shape index (κ1) is 23.1. The Hall–Kier alpha value is -2.23.